The highest BCUT2D eigenvalue weighted by atomic mass is 16.5. The lowest BCUT2D eigenvalue weighted by Gasteiger charge is -2.05. The first kappa shape index (κ1) is 13.3. The van der Waals surface area contributed by atoms with Gasteiger partial charge in [0.2, 0.25) is 5.78 Å². The van der Waals surface area contributed by atoms with Gasteiger partial charge in [-0.05, 0) is 37.1 Å². The number of pyridine rings is 1. The van der Waals surface area contributed by atoms with E-state index in [1.54, 1.807) is 12.3 Å². The Morgan fingerprint density at radius 2 is 1.89 bits per heavy atom. The molecule has 0 fully saturated rings. The number of hydrogen-bond acceptors (Lipinski definition) is 3. The summed E-state index contributed by atoms with van der Waals surface area (Å²) >= 11 is 0. The fraction of sp³-hybridized carbons (Fsp3) is 0.250. The third-order valence-electron chi connectivity index (χ3n) is 2.91. The van der Waals surface area contributed by atoms with Gasteiger partial charge >= 0.3 is 0 Å². The van der Waals surface area contributed by atoms with Crippen molar-refractivity contribution in [3.63, 3.8) is 0 Å². The molecule has 0 N–H and O–H groups in total. The van der Waals surface area contributed by atoms with Crippen LogP contribution in [0.4, 0.5) is 0 Å². The lowest BCUT2D eigenvalue weighted by atomic mass is 10.2. The predicted octanol–water partition coefficient (Wildman–Crippen LogP) is 3.21. The van der Waals surface area contributed by atoms with E-state index in [1.165, 1.54) is 0 Å². The van der Waals surface area contributed by atoms with E-state index in [-0.39, 0.29) is 12.4 Å². The summed E-state index contributed by atoms with van der Waals surface area (Å²) in [6.45, 7) is 4.08. The van der Waals surface area contributed by atoms with E-state index in [1.807, 2.05) is 37.3 Å². The molecule has 1 heterocycles. The van der Waals surface area contributed by atoms with Crippen LogP contribution in [-0.2, 0) is 6.42 Å². The van der Waals surface area contributed by atoms with Gasteiger partial charge < -0.3 is 4.74 Å². The summed E-state index contributed by atoms with van der Waals surface area (Å²) in [7, 11) is 0. The average molecular weight is 255 g/mol. The van der Waals surface area contributed by atoms with Crippen LogP contribution in [0.3, 0.4) is 0 Å². The molecule has 0 unspecified atom stereocenters. The molecular formula is C16H17NO2. The van der Waals surface area contributed by atoms with E-state index >= 15 is 0 Å². The van der Waals surface area contributed by atoms with Gasteiger partial charge in [0, 0.05) is 6.20 Å². The van der Waals surface area contributed by atoms with Crippen LogP contribution in [0.2, 0.25) is 0 Å². The number of hydrogen-bond donors (Lipinski definition) is 0. The fourth-order valence-electron chi connectivity index (χ4n) is 1.66. The molecule has 1 aromatic heterocycles. The number of carbonyl (C=O) groups is 1. The van der Waals surface area contributed by atoms with Crippen molar-refractivity contribution in [3.8, 4) is 5.75 Å². The minimum absolute atomic E-state index is 0.0154. The van der Waals surface area contributed by atoms with Crippen molar-refractivity contribution in [2.75, 3.05) is 6.61 Å². The monoisotopic (exact) mass is 255 g/mol. The van der Waals surface area contributed by atoms with Crippen molar-refractivity contribution in [3.05, 3.63) is 59.4 Å². The second kappa shape index (κ2) is 6.14. The van der Waals surface area contributed by atoms with Crippen molar-refractivity contribution in [2.45, 2.75) is 20.3 Å². The van der Waals surface area contributed by atoms with Crippen molar-refractivity contribution in [2.24, 2.45) is 0 Å². The number of aryl methyl sites for hydroxylation is 2. The highest BCUT2D eigenvalue weighted by Gasteiger charge is 2.08. The van der Waals surface area contributed by atoms with Gasteiger partial charge in [-0.2, -0.15) is 0 Å². The Morgan fingerprint density at radius 3 is 2.47 bits per heavy atom. The molecule has 0 aliphatic carbocycles. The first-order valence-corrected chi connectivity index (χ1v) is 6.36. The maximum Gasteiger partial charge on any atom is 0.218 e. The smallest absolute Gasteiger partial charge is 0.218 e. The number of rotatable bonds is 5. The summed E-state index contributed by atoms with van der Waals surface area (Å²) in [4.78, 5) is 16.0. The van der Waals surface area contributed by atoms with Crippen molar-refractivity contribution < 1.29 is 9.53 Å². The maximum atomic E-state index is 11.9. The Balaban J connectivity index is 1.95. The van der Waals surface area contributed by atoms with Crippen LogP contribution < -0.4 is 4.74 Å². The van der Waals surface area contributed by atoms with Gasteiger partial charge in [0.1, 0.15) is 11.4 Å². The molecule has 0 aliphatic rings. The van der Waals surface area contributed by atoms with Gasteiger partial charge in [-0.3, -0.25) is 9.78 Å². The number of aromatic nitrogens is 1. The van der Waals surface area contributed by atoms with Crippen LogP contribution in [0, 0.1) is 6.92 Å². The molecule has 1 aromatic carbocycles. The largest absolute Gasteiger partial charge is 0.485 e. The van der Waals surface area contributed by atoms with Gasteiger partial charge in [-0.25, -0.2) is 0 Å². The number of carbonyl (C=O) groups excluding carboxylic acids is 1. The number of Topliss-reactive ketones (excluding diaryl/α,β-unsaturated/α-hetero) is 1. The van der Waals surface area contributed by atoms with Gasteiger partial charge in [-0.15, -0.1) is 0 Å². The Morgan fingerprint density at radius 1 is 1.16 bits per heavy atom. The summed E-state index contributed by atoms with van der Waals surface area (Å²) < 4.78 is 5.44. The zero-order valence-electron chi connectivity index (χ0n) is 11.2. The molecule has 0 bridgehead atoms. The Bertz CT molecular complexity index is 544. The van der Waals surface area contributed by atoms with Crippen LogP contribution in [0.15, 0.2) is 42.6 Å². The van der Waals surface area contributed by atoms with Crippen LogP contribution in [-0.4, -0.2) is 17.4 Å². The molecule has 3 nitrogen and oxygen atoms in total. The standard InChI is InChI=1S/C16H17NO2/c1-3-13-6-9-15(17-10-13)16(18)11-19-14-7-4-12(2)5-8-14/h4-10H,3,11H2,1-2H3. The molecule has 2 rings (SSSR count). The zero-order chi connectivity index (χ0) is 13.7. The van der Waals surface area contributed by atoms with Crippen LogP contribution in [0.1, 0.15) is 28.5 Å². The summed E-state index contributed by atoms with van der Waals surface area (Å²) in [5.41, 5.74) is 2.73. The molecule has 0 aliphatic heterocycles. The highest BCUT2D eigenvalue weighted by molar-refractivity contribution is 5.95. The molecule has 0 amide bonds. The highest BCUT2D eigenvalue weighted by Crippen LogP contribution is 2.12. The lowest BCUT2D eigenvalue weighted by molar-refractivity contribution is 0.0916. The summed E-state index contributed by atoms with van der Waals surface area (Å²) in [5, 5.41) is 0. The Labute approximate surface area is 113 Å². The van der Waals surface area contributed by atoms with E-state index in [2.05, 4.69) is 11.9 Å². The molecule has 0 atom stereocenters. The minimum Gasteiger partial charge on any atom is -0.485 e. The van der Waals surface area contributed by atoms with Gasteiger partial charge in [-0.1, -0.05) is 30.7 Å². The van der Waals surface area contributed by atoms with E-state index in [9.17, 15) is 4.79 Å². The van der Waals surface area contributed by atoms with Gasteiger partial charge in [0.15, 0.2) is 6.61 Å². The third kappa shape index (κ3) is 3.65. The maximum absolute atomic E-state index is 11.9. The predicted molar refractivity (Wildman–Crippen MR) is 74.6 cm³/mol. The number of ketones is 1. The molecule has 19 heavy (non-hydrogen) atoms. The quantitative estimate of drug-likeness (QED) is 0.770. The molecule has 3 heteroatoms. The minimum atomic E-state index is -0.108. The molecule has 98 valence electrons. The van der Waals surface area contributed by atoms with E-state index in [0.29, 0.717) is 11.4 Å². The number of nitrogens with zero attached hydrogens (tertiary/aromatic N) is 1. The van der Waals surface area contributed by atoms with E-state index < -0.39 is 0 Å². The molecular weight excluding hydrogens is 238 g/mol. The summed E-state index contributed by atoms with van der Waals surface area (Å²) in [6, 6.07) is 11.3. The van der Waals surface area contributed by atoms with Crippen LogP contribution in [0.5, 0.6) is 5.75 Å². The first-order valence-electron chi connectivity index (χ1n) is 6.36. The van der Waals surface area contributed by atoms with Crippen molar-refractivity contribution in [1.29, 1.82) is 0 Å². The second-order valence-electron chi connectivity index (χ2n) is 4.43. The zero-order valence-corrected chi connectivity index (χ0v) is 11.2. The van der Waals surface area contributed by atoms with Crippen molar-refractivity contribution >= 4 is 5.78 Å². The molecule has 0 radical (unpaired) electrons. The normalized spacial score (nSPS) is 10.2. The van der Waals surface area contributed by atoms with Crippen molar-refractivity contribution in [1.82, 2.24) is 4.98 Å². The molecule has 0 spiro atoms. The average Bonchev–Trinajstić information content (AvgIpc) is 2.46. The number of benzene rings is 1. The molecule has 0 saturated carbocycles. The molecule has 0 saturated heterocycles. The second-order valence-corrected chi connectivity index (χ2v) is 4.43. The summed E-state index contributed by atoms with van der Waals surface area (Å²) in [5.74, 6) is 0.590. The van der Waals surface area contributed by atoms with Crippen LogP contribution >= 0.6 is 0 Å². The van der Waals surface area contributed by atoms with Gasteiger partial charge in [0.25, 0.3) is 0 Å². The van der Waals surface area contributed by atoms with E-state index in [0.717, 1.165) is 17.5 Å². The summed E-state index contributed by atoms with van der Waals surface area (Å²) in [6.07, 6.45) is 2.65. The Kier molecular flexibility index (Phi) is 4.29. The fourth-order valence-corrected chi connectivity index (χ4v) is 1.66. The topological polar surface area (TPSA) is 39.2 Å². The Hall–Kier alpha value is -2.16. The third-order valence-corrected chi connectivity index (χ3v) is 2.91. The molecule has 2 aromatic rings. The van der Waals surface area contributed by atoms with Crippen LogP contribution in [0.25, 0.3) is 0 Å². The first-order chi connectivity index (χ1) is 9.19. The SMILES string of the molecule is CCc1ccc(C(=O)COc2ccc(C)cc2)nc1. The number of ether oxygens (including phenoxy) is 1. The van der Waals surface area contributed by atoms with Gasteiger partial charge in [0.05, 0.1) is 0 Å². The lowest BCUT2D eigenvalue weighted by Crippen LogP contribution is -2.13. The van der Waals surface area contributed by atoms with E-state index in [4.69, 9.17) is 4.74 Å².